The highest BCUT2D eigenvalue weighted by Crippen LogP contribution is 2.11. The molecule has 0 fully saturated rings. The number of unbranched alkanes of at least 4 members (excludes halogenated alkanes) is 1. The molecule has 144 valence electrons. The number of nitrogens with one attached hydrogen (secondary N) is 2. The molecule has 1 unspecified atom stereocenters. The Balaban J connectivity index is 0.00000576. The average molecular weight is 392 g/mol. The third-order valence-electron chi connectivity index (χ3n) is 3.63. The highest BCUT2D eigenvalue weighted by atomic mass is 35.5. The lowest BCUT2D eigenvalue weighted by Gasteiger charge is -2.16. The largest absolute Gasteiger partial charge is 0.348 e. The molecular weight excluding hydrogens is 362 g/mol. The standard InChI is InChI=1S/C17H29N3O3S.ClH/c1-4-5-6-15(11-18)20-17(21)14-7-9-16(10-8-14)24(22,23)19-12-13(2)3;/h7-10,13,15,19H,4-6,11-12,18H2,1-3H3,(H,20,21);1H. The van der Waals surface area contributed by atoms with E-state index >= 15 is 0 Å². The molecule has 0 bridgehead atoms. The summed E-state index contributed by atoms with van der Waals surface area (Å²) in [4.78, 5) is 12.4. The predicted octanol–water partition coefficient (Wildman–Crippen LogP) is 2.29. The van der Waals surface area contributed by atoms with Crippen LogP contribution >= 0.6 is 12.4 Å². The Morgan fingerprint density at radius 3 is 2.28 bits per heavy atom. The molecule has 1 aromatic carbocycles. The minimum atomic E-state index is -3.54. The van der Waals surface area contributed by atoms with Crippen molar-refractivity contribution in [2.24, 2.45) is 11.7 Å². The molecule has 8 heteroatoms. The van der Waals surface area contributed by atoms with E-state index < -0.39 is 10.0 Å². The van der Waals surface area contributed by atoms with E-state index in [1.807, 2.05) is 13.8 Å². The first kappa shape index (κ1) is 23.9. The summed E-state index contributed by atoms with van der Waals surface area (Å²) in [7, 11) is -3.54. The molecule has 1 aromatic rings. The van der Waals surface area contributed by atoms with Crippen LogP contribution in [0.4, 0.5) is 0 Å². The molecule has 4 N–H and O–H groups in total. The maximum Gasteiger partial charge on any atom is 0.251 e. The molecule has 25 heavy (non-hydrogen) atoms. The summed E-state index contributed by atoms with van der Waals surface area (Å²) in [5.74, 6) is -0.0122. The van der Waals surface area contributed by atoms with Gasteiger partial charge in [-0.25, -0.2) is 13.1 Å². The fourth-order valence-electron chi connectivity index (χ4n) is 2.11. The SMILES string of the molecule is CCCCC(CN)NC(=O)c1ccc(S(=O)(=O)NCC(C)C)cc1.Cl. The van der Waals surface area contributed by atoms with Crippen molar-refractivity contribution in [3.8, 4) is 0 Å². The van der Waals surface area contributed by atoms with E-state index in [9.17, 15) is 13.2 Å². The number of carbonyl (C=O) groups is 1. The van der Waals surface area contributed by atoms with Crippen LogP contribution in [0, 0.1) is 5.92 Å². The van der Waals surface area contributed by atoms with Gasteiger partial charge < -0.3 is 11.1 Å². The third kappa shape index (κ3) is 8.18. The van der Waals surface area contributed by atoms with Crippen LogP contribution in [-0.4, -0.2) is 33.5 Å². The van der Waals surface area contributed by atoms with E-state index in [0.717, 1.165) is 19.3 Å². The minimum absolute atomic E-state index is 0. The van der Waals surface area contributed by atoms with Gasteiger partial charge in [0.2, 0.25) is 10.0 Å². The van der Waals surface area contributed by atoms with Gasteiger partial charge in [0.15, 0.2) is 0 Å². The highest BCUT2D eigenvalue weighted by molar-refractivity contribution is 7.89. The molecule has 0 aliphatic heterocycles. The van der Waals surface area contributed by atoms with Gasteiger partial charge in [0.1, 0.15) is 0 Å². The first-order valence-corrected chi connectivity index (χ1v) is 9.89. The van der Waals surface area contributed by atoms with E-state index in [4.69, 9.17) is 5.73 Å². The summed E-state index contributed by atoms with van der Waals surface area (Å²) in [6.45, 7) is 6.71. The molecule has 0 aliphatic carbocycles. The van der Waals surface area contributed by atoms with Crippen LogP contribution in [0.25, 0.3) is 0 Å². The third-order valence-corrected chi connectivity index (χ3v) is 5.07. The minimum Gasteiger partial charge on any atom is -0.348 e. The maximum atomic E-state index is 12.2. The summed E-state index contributed by atoms with van der Waals surface area (Å²) in [5.41, 5.74) is 6.10. The fourth-order valence-corrected chi connectivity index (χ4v) is 3.33. The van der Waals surface area contributed by atoms with Gasteiger partial charge in [-0.15, -0.1) is 12.4 Å². The van der Waals surface area contributed by atoms with Crippen LogP contribution in [-0.2, 0) is 10.0 Å². The predicted molar refractivity (Wildman–Crippen MR) is 104 cm³/mol. The Morgan fingerprint density at radius 1 is 1.20 bits per heavy atom. The highest BCUT2D eigenvalue weighted by Gasteiger charge is 2.16. The Morgan fingerprint density at radius 2 is 1.80 bits per heavy atom. The van der Waals surface area contributed by atoms with Crippen molar-refractivity contribution >= 4 is 28.3 Å². The zero-order valence-electron chi connectivity index (χ0n) is 15.1. The molecule has 0 spiro atoms. The molecule has 0 heterocycles. The zero-order chi connectivity index (χ0) is 18.2. The van der Waals surface area contributed by atoms with Crippen molar-refractivity contribution in [2.75, 3.05) is 13.1 Å². The number of halogens is 1. The lowest BCUT2D eigenvalue weighted by atomic mass is 10.1. The number of benzene rings is 1. The first-order valence-electron chi connectivity index (χ1n) is 8.40. The van der Waals surface area contributed by atoms with E-state index in [1.54, 1.807) is 0 Å². The molecule has 0 aromatic heterocycles. The van der Waals surface area contributed by atoms with Crippen molar-refractivity contribution in [1.82, 2.24) is 10.0 Å². The van der Waals surface area contributed by atoms with Gasteiger partial charge in [0.25, 0.3) is 5.91 Å². The summed E-state index contributed by atoms with van der Waals surface area (Å²) in [5, 5.41) is 2.89. The monoisotopic (exact) mass is 391 g/mol. The topological polar surface area (TPSA) is 101 Å². The number of nitrogens with two attached hydrogens (primary N) is 1. The van der Waals surface area contributed by atoms with Crippen LogP contribution in [0.2, 0.25) is 0 Å². The molecule has 1 amide bonds. The molecular formula is C17H30ClN3O3S. The quantitative estimate of drug-likeness (QED) is 0.569. The number of hydrogen-bond acceptors (Lipinski definition) is 4. The smallest absolute Gasteiger partial charge is 0.251 e. The summed E-state index contributed by atoms with van der Waals surface area (Å²) in [6, 6.07) is 5.87. The van der Waals surface area contributed by atoms with Crippen molar-refractivity contribution in [3.05, 3.63) is 29.8 Å². The molecule has 0 radical (unpaired) electrons. The Labute approximate surface area is 157 Å². The molecule has 6 nitrogen and oxygen atoms in total. The van der Waals surface area contributed by atoms with E-state index in [0.29, 0.717) is 18.7 Å². The molecule has 1 rings (SSSR count). The van der Waals surface area contributed by atoms with Gasteiger partial charge in [-0.1, -0.05) is 33.6 Å². The van der Waals surface area contributed by atoms with Crippen LogP contribution < -0.4 is 15.8 Å². The molecule has 0 saturated heterocycles. The van der Waals surface area contributed by atoms with Crippen molar-refractivity contribution < 1.29 is 13.2 Å². The fraction of sp³-hybridized carbons (Fsp3) is 0.588. The van der Waals surface area contributed by atoms with Crippen LogP contribution in [0.1, 0.15) is 50.4 Å². The Kier molecular flexibility index (Phi) is 10.9. The molecule has 0 aliphatic rings. The van der Waals surface area contributed by atoms with Crippen molar-refractivity contribution in [2.45, 2.75) is 51.0 Å². The van der Waals surface area contributed by atoms with Gasteiger partial charge in [-0.2, -0.15) is 0 Å². The Bertz CT molecular complexity index is 619. The lowest BCUT2D eigenvalue weighted by Crippen LogP contribution is -2.40. The van der Waals surface area contributed by atoms with Crippen LogP contribution in [0.15, 0.2) is 29.2 Å². The number of sulfonamides is 1. The summed E-state index contributed by atoms with van der Waals surface area (Å²) >= 11 is 0. The van der Waals surface area contributed by atoms with Crippen LogP contribution in [0.3, 0.4) is 0 Å². The molecule has 0 saturated carbocycles. The van der Waals surface area contributed by atoms with Gasteiger partial charge >= 0.3 is 0 Å². The Hall–Kier alpha value is -1.15. The number of carbonyl (C=O) groups excluding carboxylic acids is 1. The maximum absolute atomic E-state index is 12.2. The second kappa shape index (κ2) is 11.5. The zero-order valence-corrected chi connectivity index (χ0v) is 16.8. The van der Waals surface area contributed by atoms with Crippen molar-refractivity contribution in [3.63, 3.8) is 0 Å². The second-order valence-corrected chi connectivity index (χ2v) is 8.09. The van der Waals surface area contributed by atoms with Gasteiger partial charge in [0.05, 0.1) is 4.90 Å². The molecule has 1 atom stereocenters. The van der Waals surface area contributed by atoms with Gasteiger partial charge in [-0.3, -0.25) is 4.79 Å². The van der Waals surface area contributed by atoms with E-state index in [2.05, 4.69) is 17.0 Å². The van der Waals surface area contributed by atoms with Gasteiger partial charge in [0, 0.05) is 24.7 Å². The van der Waals surface area contributed by atoms with E-state index in [-0.39, 0.29) is 35.2 Å². The van der Waals surface area contributed by atoms with Crippen LogP contribution in [0.5, 0.6) is 0 Å². The first-order chi connectivity index (χ1) is 11.3. The average Bonchev–Trinajstić information content (AvgIpc) is 2.56. The number of rotatable bonds is 10. The number of amides is 1. The van der Waals surface area contributed by atoms with Crippen molar-refractivity contribution in [1.29, 1.82) is 0 Å². The van der Waals surface area contributed by atoms with Gasteiger partial charge in [-0.05, 0) is 36.6 Å². The summed E-state index contributed by atoms with van der Waals surface area (Å²) in [6.07, 6.45) is 2.88. The summed E-state index contributed by atoms with van der Waals surface area (Å²) < 4.78 is 26.8. The lowest BCUT2D eigenvalue weighted by molar-refractivity contribution is 0.0935. The second-order valence-electron chi connectivity index (χ2n) is 6.32. The normalized spacial score (nSPS) is 12.5. The van der Waals surface area contributed by atoms with E-state index in [1.165, 1.54) is 24.3 Å². The number of hydrogen-bond donors (Lipinski definition) is 3.